The highest BCUT2D eigenvalue weighted by Crippen LogP contribution is 2.22. The molecule has 38 heavy (non-hydrogen) atoms. The van der Waals surface area contributed by atoms with Crippen molar-refractivity contribution in [2.24, 2.45) is 0 Å². The zero-order valence-electron chi connectivity index (χ0n) is 20.2. The van der Waals surface area contributed by atoms with Crippen LogP contribution in [0.5, 0.6) is 17.4 Å². The van der Waals surface area contributed by atoms with Gasteiger partial charge in [-0.05, 0) is 78.4 Å². The molecule has 0 aliphatic carbocycles. The molecule has 0 saturated carbocycles. The van der Waals surface area contributed by atoms with Crippen LogP contribution in [-0.2, 0) is 4.74 Å². The number of benzene rings is 3. The van der Waals surface area contributed by atoms with Gasteiger partial charge in [-0.15, -0.1) is 0 Å². The Balaban J connectivity index is 1.18. The number of hydrogen-bond acceptors (Lipinski definition) is 6. The molecule has 0 aliphatic heterocycles. The Hall–Kier alpha value is -3.75. The Morgan fingerprint density at radius 3 is 2.13 bits per heavy atom. The van der Waals surface area contributed by atoms with Crippen LogP contribution in [-0.4, -0.2) is 30.0 Å². The summed E-state index contributed by atoms with van der Waals surface area (Å²) < 4.78 is 18.7. The maximum absolute atomic E-state index is 12.4. The Kier molecular flexibility index (Phi) is 9.84. The molecule has 0 fully saturated rings. The predicted molar refractivity (Wildman–Crippen MR) is 153 cm³/mol. The van der Waals surface area contributed by atoms with Crippen molar-refractivity contribution in [3.63, 3.8) is 0 Å². The highest BCUT2D eigenvalue weighted by atomic mass is 79.9. The molecule has 0 atom stereocenters. The molecule has 0 amide bonds. The zero-order chi connectivity index (χ0) is 26.7. The molecule has 0 N–H and O–H groups in total. The smallest absolute Gasteiger partial charge is 0.338 e. The number of allylic oxidation sites excluding steroid dienone is 1. The molecule has 6 nitrogen and oxygen atoms in total. The van der Waals surface area contributed by atoms with Gasteiger partial charge in [0.05, 0.1) is 18.8 Å². The van der Waals surface area contributed by atoms with E-state index in [1.807, 2.05) is 36.4 Å². The van der Waals surface area contributed by atoms with Gasteiger partial charge in [0.15, 0.2) is 5.78 Å². The normalized spacial score (nSPS) is 10.8. The first-order valence-corrected chi connectivity index (χ1v) is 13.3. The van der Waals surface area contributed by atoms with Crippen LogP contribution in [0.3, 0.4) is 0 Å². The number of nitrogens with zero attached hydrogens (tertiary/aromatic N) is 1. The van der Waals surface area contributed by atoms with Crippen molar-refractivity contribution in [2.75, 3.05) is 13.2 Å². The lowest BCUT2D eigenvalue weighted by molar-refractivity contribution is 0.0485. The average Bonchev–Trinajstić information content (AvgIpc) is 2.94. The minimum atomic E-state index is -0.466. The molecule has 1 aromatic heterocycles. The molecule has 8 heteroatoms. The standard InChI is InChI=1S/C30H23Br2NO5/c31-24-7-2-21(3-8-24)4-15-28(34)22-5-11-26(12-6-22)36-18-1-19-37-30(35)23-16-17-33-29(20-23)38-27-13-9-25(32)10-14-27/h2-17,20H,1,18-19H2/b15-4+. The van der Waals surface area contributed by atoms with Crippen LogP contribution in [0.4, 0.5) is 0 Å². The van der Waals surface area contributed by atoms with E-state index in [2.05, 4.69) is 36.8 Å². The molecule has 0 saturated heterocycles. The van der Waals surface area contributed by atoms with E-state index in [4.69, 9.17) is 14.2 Å². The second-order valence-electron chi connectivity index (χ2n) is 8.05. The van der Waals surface area contributed by atoms with Crippen molar-refractivity contribution in [2.45, 2.75) is 6.42 Å². The van der Waals surface area contributed by atoms with E-state index < -0.39 is 5.97 Å². The third-order valence-corrected chi connectivity index (χ3v) is 6.29. The molecule has 0 unspecified atom stereocenters. The molecule has 4 rings (SSSR count). The Morgan fingerprint density at radius 1 is 0.763 bits per heavy atom. The number of esters is 1. The maximum Gasteiger partial charge on any atom is 0.338 e. The third-order valence-electron chi connectivity index (χ3n) is 5.23. The summed E-state index contributed by atoms with van der Waals surface area (Å²) in [6, 6.07) is 25.1. The van der Waals surface area contributed by atoms with Gasteiger partial charge in [0.25, 0.3) is 0 Å². The third kappa shape index (κ3) is 8.39. The van der Waals surface area contributed by atoms with Crippen LogP contribution < -0.4 is 9.47 Å². The molecule has 0 radical (unpaired) electrons. The summed E-state index contributed by atoms with van der Waals surface area (Å²) in [5.74, 6) is 0.988. The molecular formula is C30H23Br2NO5. The van der Waals surface area contributed by atoms with Crippen LogP contribution >= 0.6 is 31.9 Å². The van der Waals surface area contributed by atoms with Gasteiger partial charge in [-0.1, -0.05) is 50.1 Å². The monoisotopic (exact) mass is 635 g/mol. The summed E-state index contributed by atoms with van der Waals surface area (Å²) in [5.41, 5.74) is 1.86. The first-order valence-electron chi connectivity index (χ1n) is 11.7. The van der Waals surface area contributed by atoms with Crippen molar-refractivity contribution >= 4 is 49.7 Å². The van der Waals surface area contributed by atoms with Crippen molar-refractivity contribution in [1.82, 2.24) is 4.98 Å². The highest BCUT2D eigenvalue weighted by Gasteiger charge is 2.10. The van der Waals surface area contributed by atoms with Crippen molar-refractivity contribution in [3.05, 3.63) is 123 Å². The molecule has 3 aromatic carbocycles. The number of halogens is 2. The van der Waals surface area contributed by atoms with E-state index in [-0.39, 0.29) is 12.4 Å². The van der Waals surface area contributed by atoms with Crippen LogP contribution in [0.25, 0.3) is 6.08 Å². The van der Waals surface area contributed by atoms with E-state index in [0.29, 0.717) is 41.5 Å². The van der Waals surface area contributed by atoms with Crippen LogP contribution in [0.2, 0.25) is 0 Å². The average molecular weight is 637 g/mol. The lowest BCUT2D eigenvalue weighted by Gasteiger charge is -2.09. The van der Waals surface area contributed by atoms with Gasteiger partial charge in [0.1, 0.15) is 11.5 Å². The molecule has 192 valence electrons. The summed E-state index contributed by atoms with van der Waals surface area (Å²) in [6.45, 7) is 0.555. The summed E-state index contributed by atoms with van der Waals surface area (Å²) >= 11 is 6.77. The van der Waals surface area contributed by atoms with Gasteiger partial charge in [-0.25, -0.2) is 9.78 Å². The van der Waals surface area contributed by atoms with E-state index >= 15 is 0 Å². The topological polar surface area (TPSA) is 74.7 Å². The van der Waals surface area contributed by atoms with Gasteiger partial charge < -0.3 is 14.2 Å². The van der Waals surface area contributed by atoms with Crippen LogP contribution in [0.1, 0.15) is 32.7 Å². The molecule has 0 bridgehead atoms. The molecule has 4 aromatic rings. The predicted octanol–water partition coefficient (Wildman–Crippen LogP) is 7.92. The summed E-state index contributed by atoms with van der Waals surface area (Å²) in [7, 11) is 0. The van der Waals surface area contributed by atoms with Crippen molar-refractivity contribution in [1.29, 1.82) is 0 Å². The van der Waals surface area contributed by atoms with Gasteiger partial charge >= 0.3 is 5.97 Å². The molecule has 0 aliphatic rings. The SMILES string of the molecule is O=C(/C=C/c1ccc(Br)cc1)c1ccc(OCCCOC(=O)c2ccnc(Oc3ccc(Br)cc3)c2)cc1. The number of hydrogen-bond donors (Lipinski definition) is 0. The van der Waals surface area contributed by atoms with E-state index in [1.54, 1.807) is 54.6 Å². The Labute approximate surface area is 237 Å². The number of rotatable bonds is 11. The lowest BCUT2D eigenvalue weighted by atomic mass is 10.1. The summed E-state index contributed by atoms with van der Waals surface area (Å²) in [4.78, 5) is 28.9. The second-order valence-corrected chi connectivity index (χ2v) is 9.88. The molecular weight excluding hydrogens is 614 g/mol. The first-order chi connectivity index (χ1) is 18.5. The summed E-state index contributed by atoms with van der Waals surface area (Å²) in [5, 5.41) is 0. The van der Waals surface area contributed by atoms with Crippen molar-refractivity contribution in [3.8, 4) is 17.4 Å². The number of ether oxygens (including phenoxy) is 3. The highest BCUT2D eigenvalue weighted by molar-refractivity contribution is 9.10. The zero-order valence-corrected chi connectivity index (χ0v) is 23.4. The minimum absolute atomic E-state index is 0.0899. The largest absolute Gasteiger partial charge is 0.493 e. The number of pyridine rings is 1. The van der Waals surface area contributed by atoms with E-state index in [0.717, 1.165) is 14.5 Å². The van der Waals surface area contributed by atoms with Gasteiger partial charge in [0, 0.05) is 33.2 Å². The minimum Gasteiger partial charge on any atom is -0.493 e. The second kappa shape index (κ2) is 13.7. The number of aromatic nitrogens is 1. The fraction of sp³-hybridized carbons (Fsp3) is 0.100. The quantitative estimate of drug-likeness (QED) is 0.0720. The van der Waals surface area contributed by atoms with E-state index in [1.165, 1.54) is 12.3 Å². The molecule has 0 spiro atoms. The fourth-order valence-electron chi connectivity index (χ4n) is 3.27. The van der Waals surface area contributed by atoms with Gasteiger partial charge in [-0.2, -0.15) is 0 Å². The fourth-order valence-corrected chi connectivity index (χ4v) is 3.80. The van der Waals surface area contributed by atoms with Gasteiger partial charge in [0.2, 0.25) is 5.88 Å². The van der Waals surface area contributed by atoms with Crippen LogP contribution in [0.15, 0.2) is 106 Å². The van der Waals surface area contributed by atoms with Crippen LogP contribution in [0, 0.1) is 0 Å². The molecule has 1 heterocycles. The number of ketones is 1. The van der Waals surface area contributed by atoms with E-state index in [9.17, 15) is 9.59 Å². The van der Waals surface area contributed by atoms with Crippen molar-refractivity contribution < 1.29 is 23.8 Å². The first kappa shape index (κ1) is 27.3. The summed E-state index contributed by atoms with van der Waals surface area (Å²) in [6.07, 6.45) is 5.34. The number of carbonyl (C=O) groups is 2. The Bertz CT molecular complexity index is 1400. The van der Waals surface area contributed by atoms with Gasteiger partial charge in [-0.3, -0.25) is 4.79 Å². The lowest BCUT2D eigenvalue weighted by Crippen LogP contribution is -2.09. The Morgan fingerprint density at radius 2 is 1.42 bits per heavy atom. The maximum atomic E-state index is 12.4. The number of carbonyl (C=O) groups excluding carboxylic acids is 2.